The topological polar surface area (TPSA) is 91.3 Å². The Kier molecular flexibility index (Phi) is 31.7. The van der Waals surface area contributed by atoms with Gasteiger partial charge < -0.3 is 19.9 Å². The van der Waals surface area contributed by atoms with Crippen molar-refractivity contribution in [3.05, 3.63) is 0 Å². The summed E-state index contributed by atoms with van der Waals surface area (Å²) < 4.78 is 10.7. The van der Waals surface area contributed by atoms with Gasteiger partial charge in [0.15, 0.2) is 0 Å². The van der Waals surface area contributed by atoms with Gasteiger partial charge in [-0.15, -0.1) is 0 Å². The van der Waals surface area contributed by atoms with Gasteiger partial charge in [-0.1, -0.05) is 117 Å². The molecule has 1 rings (SSSR count). The van der Waals surface area contributed by atoms with Crippen molar-refractivity contribution in [1.29, 1.82) is 0 Å². The fourth-order valence-corrected chi connectivity index (χ4v) is 7.10. The van der Waals surface area contributed by atoms with Crippen LogP contribution in [0.5, 0.6) is 0 Å². The second-order valence-corrected chi connectivity index (χ2v) is 14.7. The highest BCUT2D eigenvalue weighted by Crippen LogP contribution is 2.19. The zero-order chi connectivity index (χ0) is 35.6. The van der Waals surface area contributed by atoms with Crippen molar-refractivity contribution >= 4 is 11.9 Å². The molecule has 1 saturated heterocycles. The number of nitrogens with zero attached hydrogens (tertiary/aromatic N) is 2. The van der Waals surface area contributed by atoms with Gasteiger partial charge in [-0.05, 0) is 70.8 Å². The van der Waals surface area contributed by atoms with Gasteiger partial charge in [0.2, 0.25) is 0 Å². The fourth-order valence-electron chi connectivity index (χ4n) is 7.10. The van der Waals surface area contributed by atoms with Crippen molar-refractivity contribution in [3.63, 3.8) is 0 Å². The molecular weight excluding hydrogens is 614 g/mol. The first-order valence-electron chi connectivity index (χ1n) is 21.1. The van der Waals surface area contributed by atoms with Gasteiger partial charge in [0.25, 0.3) is 0 Å². The molecule has 0 aromatic heterocycles. The van der Waals surface area contributed by atoms with Crippen LogP contribution in [0.3, 0.4) is 0 Å². The zero-order valence-electron chi connectivity index (χ0n) is 32.7. The Balaban J connectivity index is 2.13. The summed E-state index contributed by atoms with van der Waals surface area (Å²) in [5.74, 6) is -0.0849. The Hall–Kier alpha value is -1.22. The lowest BCUT2D eigenvalue weighted by Gasteiger charge is -2.40. The van der Waals surface area contributed by atoms with E-state index in [2.05, 4.69) is 29.2 Å². The lowest BCUT2D eigenvalue weighted by molar-refractivity contribution is -0.150. The second kappa shape index (κ2) is 33.9. The van der Waals surface area contributed by atoms with Crippen LogP contribution >= 0.6 is 0 Å². The van der Waals surface area contributed by atoms with Crippen LogP contribution in [0.1, 0.15) is 194 Å². The van der Waals surface area contributed by atoms with Crippen LogP contribution in [0.2, 0.25) is 0 Å². The van der Waals surface area contributed by atoms with Crippen molar-refractivity contribution in [2.45, 2.75) is 206 Å². The van der Waals surface area contributed by atoms with Crippen LogP contribution in [0.15, 0.2) is 0 Å². The Labute approximate surface area is 303 Å². The van der Waals surface area contributed by atoms with E-state index in [-0.39, 0.29) is 24.6 Å². The van der Waals surface area contributed by atoms with Crippen molar-refractivity contribution in [2.24, 2.45) is 0 Å². The van der Waals surface area contributed by atoms with Crippen LogP contribution in [0.25, 0.3) is 0 Å². The van der Waals surface area contributed by atoms with Crippen molar-refractivity contribution < 1.29 is 24.2 Å². The first-order valence-corrected chi connectivity index (χ1v) is 21.1. The normalized spacial score (nSPS) is 14.2. The highest BCUT2D eigenvalue weighted by Gasteiger charge is 2.23. The minimum Gasteiger partial charge on any atom is -0.469 e. The number of aliphatic hydroxyl groups is 1. The molecule has 0 amide bonds. The molecule has 0 spiro atoms. The van der Waals surface area contributed by atoms with Gasteiger partial charge in [0.1, 0.15) is 6.10 Å². The zero-order valence-corrected chi connectivity index (χ0v) is 32.7. The van der Waals surface area contributed by atoms with E-state index < -0.39 is 0 Å². The Morgan fingerprint density at radius 2 is 1.16 bits per heavy atom. The molecule has 0 atom stereocenters. The highest BCUT2D eigenvalue weighted by atomic mass is 16.5. The largest absolute Gasteiger partial charge is 0.469 e. The lowest BCUT2D eigenvalue weighted by Crippen LogP contribution is -2.51. The smallest absolute Gasteiger partial charge is 0.306 e. The molecule has 49 heavy (non-hydrogen) atoms. The lowest BCUT2D eigenvalue weighted by atomic mass is 10.0. The number of hydrogen-bond donors (Lipinski definition) is 2. The number of nitrogens with one attached hydrogen (secondary N) is 1. The van der Waals surface area contributed by atoms with E-state index in [4.69, 9.17) is 9.47 Å². The summed E-state index contributed by atoms with van der Waals surface area (Å²) in [5, 5.41) is 18.2. The maximum atomic E-state index is 12.7. The van der Waals surface area contributed by atoms with E-state index in [0.717, 1.165) is 96.8 Å². The summed E-state index contributed by atoms with van der Waals surface area (Å²) in [6.07, 6.45) is 32.1. The van der Waals surface area contributed by atoms with Gasteiger partial charge in [-0.3, -0.25) is 9.59 Å². The summed E-state index contributed by atoms with van der Waals surface area (Å²) in [5.41, 5.74) is 0. The summed E-state index contributed by atoms with van der Waals surface area (Å²) >= 11 is 0. The molecule has 1 aliphatic rings. The van der Waals surface area contributed by atoms with Crippen molar-refractivity contribution in [3.8, 4) is 0 Å². The molecule has 0 aromatic rings. The number of carbonyl (C=O) groups excluding carboxylic acids is 2. The molecule has 1 fully saturated rings. The molecule has 1 aliphatic heterocycles. The predicted octanol–water partition coefficient (Wildman–Crippen LogP) is 9.52. The first kappa shape index (κ1) is 45.8. The number of aliphatic hydroxyl groups excluding tert-OH is 1. The maximum absolute atomic E-state index is 12.7. The van der Waals surface area contributed by atoms with E-state index in [1.807, 2.05) is 0 Å². The summed E-state index contributed by atoms with van der Waals surface area (Å²) in [7, 11) is 1.45. The van der Waals surface area contributed by atoms with Gasteiger partial charge in [-0.2, -0.15) is 0 Å². The van der Waals surface area contributed by atoms with E-state index in [0.29, 0.717) is 25.4 Å². The number of rotatable bonds is 35. The van der Waals surface area contributed by atoms with Crippen LogP contribution in [-0.4, -0.2) is 85.6 Å². The quantitative estimate of drug-likeness (QED) is 0.0501. The fraction of sp³-hybridized carbons (Fsp3) is 0.951. The number of unbranched alkanes of at least 4 members (excludes halogenated alkanes) is 18. The van der Waals surface area contributed by atoms with Crippen LogP contribution < -0.4 is 5.32 Å². The van der Waals surface area contributed by atoms with Gasteiger partial charge >= 0.3 is 11.9 Å². The minimum absolute atomic E-state index is 0.0278. The third-order valence-corrected chi connectivity index (χ3v) is 10.3. The van der Waals surface area contributed by atoms with E-state index in [9.17, 15) is 14.7 Å². The molecule has 0 unspecified atom stereocenters. The summed E-state index contributed by atoms with van der Waals surface area (Å²) in [4.78, 5) is 23.9. The van der Waals surface area contributed by atoms with Crippen molar-refractivity contribution in [2.75, 3.05) is 46.4 Å². The minimum atomic E-state index is -0.113. The third-order valence-electron chi connectivity index (χ3n) is 10.3. The predicted molar refractivity (Wildman–Crippen MR) is 205 cm³/mol. The number of hydrogen-bond acceptors (Lipinski definition) is 8. The number of carbonyl (C=O) groups is 2. The first-order chi connectivity index (χ1) is 24.0. The highest BCUT2D eigenvalue weighted by molar-refractivity contribution is 5.69. The Morgan fingerprint density at radius 1 is 0.673 bits per heavy atom. The van der Waals surface area contributed by atoms with Gasteiger partial charge in [0.05, 0.1) is 13.7 Å². The average molecular weight is 696 g/mol. The molecule has 1 heterocycles. The number of ether oxygens (including phenoxy) is 2. The van der Waals surface area contributed by atoms with E-state index in [1.54, 1.807) is 0 Å². The molecular formula is C41H81N3O5. The van der Waals surface area contributed by atoms with Crippen LogP contribution in [-0.2, 0) is 19.1 Å². The van der Waals surface area contributed by atoms with E-state index in [1.165, 1.54) is 103 Å². The molecule has 8 nitrogen and oxygen atoms in total. The molecule has 2 N–H and O–H groups in total. The number of hydrazine groups is 1. The number of methoxy groups -OCH3 is 1. The molecule has 0 saturated carbocycles. The van der Waals surface area contributed by atoms with Crippen LogP contribution in [0, 0.1) is 0 Å². The molecule has 0 bridgehead atoms. The Bertz CT molecular complexity index is 731. The molecule has 0 radical (unpaired) electrons. The monoisotopic (exact) mass is 696 g/mol. The molecule has 0 aliphatic carbocycles. The van der Waals surface area contributed by atoms with Crippen LogP contribution in [0.4, 0.5) is 0 Å². The number of piperidine rings is 1. The van der Waals surface area contributed by atoms with Gasteiger partial charge in [-0.25, -0.2) is 10.0 Å². The van der Waals surface area contributed by atoms with E-state index >= 15 is 0 Å². The standard InChI is InChI=1S/C41H81N3O5/c1-4-6-8-10-14-20-26-39(27-21-15-11-9-7-5-2)49-41(47)29-23-16-12-18-24-32-42-38-30-34-44(35-31-38)43(36-37-45)33-25-19-13-17-22-28-40(46)48-3/h38-39,42,45H,4-37H2,1-3H3. The molecule has 8 heteroatoms. The van der Waals surface area contributed by atoms with Crippen molar-refractivity contribution in [1.82, 2.24) is 15.3 Å². The molecule has 290 valence electrons. The maximum Gasteiger partial charge on any atom is 0.306 e. The van der Waals surface area contributed by atoms with Gasteiger partial charge in [0, 0.05) is 45.1 Å². The summed E-state index contributed by atoms with van der Waals surface area (Å²) in [6.45, 7) is 9.58. The Morgan fingerprint density at radius 3 is 1.71 bits per heavy atom. The molecule has 0 aromatic carbocycles. The summed E-state index contributed by atoms with van der Waals surface area (Å²) in [6, 6.07) is 0.581. The second-order valence-electron chi connectivity index (χ2n) is 14.7. The number of esters is 2. The SMILES string of the molecule is CCCCCCCCC(CCCCCCCC)OC(=O)CCCCCCCNC1CCN(N(CCO)CCCCCCCC(=O)OC)CC1. The average Bonchev–Trinajstić information content (AvgIpc) is 3.11. The third kappa shape index (κ3) is 27.1.